The number of nitrogens with zero attached hydrogens (tertiary/aromatic N) is 1. The summed E-state index contributed by atoms with van der Waals surface area (Å²) < 4.78 is 7.62. The van der Waals surface area contributed by atoms with Crippen molar-refractivity contribution in [3.8, 4) is 0 Å². The minimum atomic E-state index is 0.844. The Labute approximate surface area is 95.8 Å². The first kappa shape index (κ1) is 12.4. The summed E-state index contributed by atoms with van der Waals surface area (Å²) in [5.74, 6) is 0. The summed E-state index contributed by atoms with van der Waals surface area (Å²) in [6, 6.07) is 0. The van der Waals surface area contributed by atoms with Gasteiger partial charge in [0.15, 0.2) is 0 Å². The van der Waals surface area contributed by atoms with Gasteiger partial charge in [0.1, 0.15) is 0 Å². The molecule has 1 saturated heterocycles. The van der Waals surface area contributed by atoms with Crippen molar-refractivity contribution in [1.82, 2.24) is 4.31 Å². The van der Waals surface area contributed by atoms with E-state index in [0.29, 0.717) is 0 Å². The van der Waals surface area contributed by atoms with Gasteiger partial charge < -0.3 is 4.74 Å². The second-order valence-corrected chi connectivity index (χ2v) is 4.75. The highest BCUT2D eigenvalue weighted by molar-refractivity contribution is 8.00. The summed E-state index contributed by atoms with van der Waals surface area (Å²) in [6.07, 6.45) is 3.54. The molecule has 0 aromatic carbocycles. The molecule has 0 spiro atoms. The van der Waals surface area contributed by atoms with Gasteiger partial charge in [-0.15, -0.1) is 0 Å². The fourth-order valence-corrected chi connectivity index (χ4v) is 2.44. The monoisotopic (exact) mass is 235 g/mol. The van der Waals surface area contributed by atoms with E-state index >= 15 is 0 Å². The fourth-order valence-electron chi connectivity index (χ4n) is 1.27. The Morgan fingerprint density at radius 3 is 2.79 bits per heavy atom. The molecular formula is C10H18ClNOS. The molecule has 0 bridgehead atoms. The van der Waals surface area contributed by atoms with Gasteiger partial charge in [0.25, 0.3) is 0 Å². The van der Waals surface area contributed by atoms with Crippen LogP contribution in [-0.4, -0.2) is 30.6 Å². The highest BCUT2D eigenvalue weighted by Crippen LogP contribution is 2.26. The molecule has 1 aliphatic heterocycles. The molecule has 0 aliphatic carbocycles. The summed E-state index contributed by atoms with van der Waals surface area (Å²) in [7, 11) is 0. The molecule has 14 heavy (non-hydrogen) atoms. The van der Waals surface area contributed by atoms with E-state index < -0.39 is 0 Å². The predicted molar refractivity (Wildman–Crippen MR) is 63.4 cm³/mol. The first-order valence-electron chi connectivity index (χ1n) is 5.16. The van der Waals surface area contributed by atoms with Crippen molar-refractivity contribution in [1.29, 1.82) is 0 Å². The number of ether oxygens (including phenoxy) is 1. The van der Waals surface area contributed by atoms with Crippen LogP contribution >= 0.6 is 23.5 Å². The Morgan fingerprint density at radius 2 is 2.21 bits per heavy atom. The molecular weight excluding hydrogens is 218 g/mol. The van der Waals surface area contributed by atoms with E-state index in [9.17, 15) is 0 Å². The maximum absolute atomic E-state index is 5.78. The molecule has 0 aromatic rings. The maximum atomic E-state index is 5.78. The molecule has 0 N–H and O–H groups in total. The molecule has 82 valence electrons. The van der Waals surface area contributed by atoms with Crippen LogP contribution in [0.3, 0.4) is 0 Å². The largest absolute Gasteiger partial charge is 0.379 e. The lowest BCUT2D eigenvalue weighted by Gasteiger charge is -2.26. The molecule has 0 atom stereocenters. The third kappa shape index (κ3) is 4.69. The van der Waals surface area contributed by atoms with E-state index in [0.717, 1.165) is 32.7 Å². The standard InChI is InChI=1S/C10H18ClNOS/c1-2-3-4-10(9-11)14-12-5-7-13-8-6-12/h9H,2-8H2,1H3. The molecule has 2 nitrogen and oxygen atoms in total. The molecule has 0 amide bonds. The topological polar surface area (TPSA) is 12.5 Å². The summed E-state index contributed by atoms with van der Waals surface area (Å²) in [5.41, 5.74) is 1.72. The summed E-state index contributed by atoms with van der Waals surface area (Å²) in [5, 5.41) is 0. The number of unbranched alkanes of at least 4 members (excludes halogenated alkanes) is 1. The minimum absolute atomic E-state index is 0.844. The number of rotatable bonds is 5. The third-order valence-corrected chi connectivity index (χ3v) is 3.69. The van der Waals surface area contributed by atoms with E-state index in [-0.39, 0.29) is 0 Å². The van der Waals surface area contributed by atoms with Gasteiger partial charge in [-0.25, -0.2) is 4.31 Å². The highest BCUT2D eigenvalue weighted by atomic mass is 35.5. The van der Waals surface area contributed by atoms with Gasteiger partial charge in [0.2, 0.25) is 0 Å². The first-order valence-corrected chi connectivity index (χ1v) is 6.37. The summed E-state index contributed by atoms with van der Waals surface area (Å²) >= 11 is 7.57. The number of hydrogen-bond donors (Lipinski definition) is 0. The zero-order valence-electron chi connectivity index (χ0n) is 8.67. The molecule has 1 aliphatic rings. The van der Waals surface area contributed by atoms with Gasteiger partial charge in [0.05, 0.1) is 13.2 Å². The van der Waals surface area contributed by atoms with E-state index in [4.69, 9.17) is 16.3 Å². The maximum Gasteiger partial charge on any atom is 0.0603 e. The van der Waals surface area contributed by atoms with Crippen LogP contribution in [0.4, 0.5) is 0 Å². The van der Waals surface area contributed by atoms with Gasteiger partial charge in [-0.1, -0.05) is 24.9 Å². The average Bonchev–Trinajstić information content (AvgIpc) is 2.25. The zero-order chi connectivity index (χ0) is 10.2. The quantitative estimate of drug-likeness (QED) is 0.679. The van der Waals surface area contributed by atoms with Crippen molar-refractivity contribution in [3.63, 3.8) is 0 Å². The molecule has 0 unspecified atom stereocenters. The summed E-state index contributed by atoms with van der Waals surface area (Å²) in [6.45, 7) is 5.90. The molecule has 1 heterocycles. The van der Waals surface area contributed by atoms with Crippen molar-refractivity contribution in [2.45, 2.75) is 26.2 Å². The van der Waals surface area contributed by atoms with Crippen LogP contribution in [0.2, 0.25) is 0 Å². The molecule has 0 aromatic heterocycles. The van der Waals surface area contributed by atoms with E-state index in [2.05, 4.69) is 11.2 Å². The lowest BCUT2D eigenvalue weighted by Crippen LogP contribution is -2.31. The van der Waals surface area contributed by atoms with Crippen molar-refractivity contribution in [3.05, 3.63) is 10.4 Å². The Balaban J connectivity index is 2.24. The minimum Gasteiger partial charge on any atom is -0.379 e. The van der Waals surface area contributed by atoms with Crippen LogP contribution < -0.4 is 0 Å². The first-order chi connectivity index (χ1) is 6.86. The Hall–Kier alpha value is 0.300. The number of morpholine rings is 1. The van der Waals surface area contributed by atoms with Crippen molar-refractivity contribution >= 4 is 23.5 Å². The Bertz CT molecular complexity index is 181. The van der Waals surface area contributed by atoms with Gasteiger partial charge in [-0.05, 0) is 24.8 Å². The Kier molecular flexibility index (Phi) is 6.69. The highest BCUT2D eigenvalue weighted by Gasteiger charge is 2.12. The van der Waals surface area contributed by atoms with E-state index in [1.54, 1.807) is 17.5 Å². The van der Waals surface area contributed by atoms with Crippen LogP contribution in [-0.2, 0) is 4.74 Å². The fraction of sp³-hybridized carbons (Fsp3) is 0.800. The summed E-state index contributed by atoms with van der Waals surface area (Å²) in [4.78, 5) is 1.27. The van der Waals surface area contributed by atoms with Crippen molar-refractivity contribution in [2.75, 3.05) is 26.3 Å². The second kappa shape index (κ2) is 7.57. The lowest BCUT2D eigenvalue weighted by atomic mass is 10.2. The zero-order valence-corrected chi connectivity index (χ0v) is 10.2. The SMILES string of the molecule is CCCCC(=CCl)SN1CCOCC1. The molecule has 4 heteroatoms. The lowest BCUT2D eigenvalue weighted by molar-refractivity contribution is 0.0775. The number of hydrogen-bond acceptors (Lipinski definition) is 3. The van der Waals surface area contributed by atoms with Crippen molar-refractivity contribution < 1.29 is 4.74 Å². The van der Waals surface area contributed by atoms with Gasteiger partial charge in [0, 0.05) is 23.5 Å². The van der Waals surface area contributed by atoms with Crippen LogP contribution in [0.5, 0.6) is 0 Å². The van der Waals surface area contributed by atoms with E-state index in [1.807, 2.05) is 0 Å². The smallest absolute Gasteiger partial charge is 0.0603 e. The molecule has 1 rings (SSSR count). The van der Waals surface area contributed by atoms with Gasteiger partial charge in [-0.2, -0.15) is 0 Å². The number of halogens is 1. The van der Waals surface area contributed by atoms with Crippen LogP contribution in [0.25, 0.3) is 0 Å². The Morgan fingerprint density at radius 1 is 1.50 bits per heavy atom. The molecule has 0 saturated carbocycles. The van der Waals surface area contributed by atoms with Crippen LogP contribution in [0, 0.1) is 0 Å². The number of allylic oxidation sites excluding steroid dienone is 1. The van der Waals surface area contributed by atoms with Gasteiger partial charge >= 0.3 is 0 Å². The predicted octanol–water partition coefficient (Wildman–Crippen LogP) is 3.24. The second-order valence-electron chi connectivity index (χ2n) is 3.31. The van der Waals surface area contributed by atoms with Crippen LogP contribution in [0.15, 0.2) is 10.4 Å². The van der Waals surface area contributed by atoms with E-state index in [1.165, 1.54) is 17.7 Å². The third-order valence-electron chi connectivity index (χ3n) is 2.11. The van der Waals surface area contributed by atoms with Crippen molar-refractivity contribution in [2.24, 2.45) is 0 Å². The van der Waals surface area contributed by atoms with Crippen LogP contribution in [0.1, 0.15) is 26.2 Å². The van der Waals surface area contributed by atoms with Gasteiger partial charge in [-0.3, -0.25) is 0 Å². The molecule has 1 fully saturated rings. The molecule has 0 radical (unpaired) electrons. The average molecular weight is 236 g/mol. The normalized spacial score (nSPS) is 20.0.